The molecule has 1 unspecified atom stereocenters. The molecular weight excluding hydrogens is 515 g/mol. The fourth-order valence-electron chi connectivity index (χ4n) is 1.71. The van der Waals surface area contributed by atoms with E-state index in [9.17, 15) is 57.1 Å². The Labute approximate surface area is 142 Å². The van der Waals surface area contributed by atoms with Crippen molar-refractivity contribution in [3.8, 4) is 0 Å². The van der Waals surface area contributed by atoms with Gasteiger partial charge in [-0.2, -0.15) is 57.1 Å². The van der Waals surface area contributed by atoms with E-state index in [0.717, 1.165) is 0 Å². The van der Waals surface area contributed by atoms with Crippen LogP contribution >= 0.6 is 31.9 Å². The van der Waals surface area contributed by atoms with Crippen LogP contribution in [0.2, 0.25) is 0 Å². The Hall–Kier alpha value is 0.0500. The first-order chi connectivity index (χ1) is 10.2. The second-order valence-corrected chi connectivity index (χ2v) is 6.45. The van der Waals surface area contributed by atoms with Crippen molar-refractivity contribution in [3.05, 3.63) is 0 Å². The molecule has 0 saturated heterocycles. The van der Waals surface area contributed by atoms with Gasteiger partial charge in [0, 0.05) is 10.2 Å². The van der Waals surface area contributed by atoms with Gasteiger partial charge in [-0.25, -0.2) is 0 Å². The van der Waals surface area contributed by atoms with Crippen molar-refractivity contribution >= 4 is 31.9 Å². The summed E-state index contributed by atoms with van der Waals surface area (Å²) in [6.07, 6.45) is -24.5. The highest BCUT2D eigenvalue weighted by Gasteiger charge is 2.91. The summed E-state index contributed by atoms with van der Waals surface area (Å²) in [5, 5.41) is -0.866. The lowest BCUT2D eigenvalue weighted by Gasteiger charge is -2.46. The first kappa shape index (κ1) is 24.1. The van der Waals surface area contributed by atoms with Gasteiger partial charge in [-0.1, -0.05) is 31.9 Å². The van der Waals surface area contributed by atoms with Crippen LogP contribution in [0.15, 0.2) is 0 Å². The average molecular weight is 520 g/mol. The first-order valence-electron chi connectivity index (χ1n) is 5.36. The third kappa shape index (κ3) is 3.61. The molecule has 0 spiro atoms. The normalized spacial score (nSPS) is 17.1. The monoisotopic (exact) mass is 518 g/mol. The quantitative estimate of drug-likeness (QED) is 0.288. The van der Waals surface area contributed by atoms with E-state index in [4.69, 9.17) is 0 Å². The molecule has 0 fully saturated rings. The molecule has 0 N–H and O–H groups in total. The Bertz CT molecular complexity index is 418. The molecule has 0 nitrogen and oxygen atoms in total. The molecule has 146 valence electrons. The van der Waals surface area contributed by atoms with Gasteiger partial charge in [0.2, 0.25) is 5.41 Å². The maximum Gasteiger partial charge on any atom is 0.459 e. The third-order valence-corrected chi connectivity index (χ3v) is 5.25. The summed E-state index contributed by atoms with van der Waals surface area (Å²) in [5.74, 6) is -15.2. The molecule has 0 heterocycles. The summed E-state index contributed by atoms with van der Waals surface area (Å²) in [5.41, 5.74) is -6.64. The first-order valence-corrected chi connectivity index (χ1v) is 7.40. The zero-order valence-corrected chi connectivity index (χ0v) is 13.8. The summed E-state index contributed by atoms with van der Waals surface area (Å²) in [6, 6.07) is 0. The van der Waals surface area contributed by atoms with Crippen molar-refractivity contribution < 1.29 is 57.1 Å². The van der Waals surface area contributed by atoms with Crippen LogP contribution in [0.25, 0.3) is 0 Å². The van der Waals surface area contributed by atoms with E-state index in [0.29, 0.717) is 0 Å². The van der Waals surface area contributed by atoms with Crippen LogP contribution in [0.5, 0.6) is 0 Å². The zero-order chi connectivity index (χ0) is 20.0. The Morgan fingerprint density at radius 1 is 0.583 bits per heavy atom. The molecule has 15 heteroatoms. The van der Waals surface area contributed by atoms with E-state index in [2.05, 4.69) is 31.9 Å². The van der Waals surface area contributed by atoms with Gasteiger partial charge in [-0.3, -0.25) is 0 Å². The summed E-state index contributed by atoms with van der Waals surface area (Å²) < 4.78 is 166. The van der Waals surface area contributed by atoms with Crippen LogP contribution in [-0.4, -0.2) is 40.5 Å². The third-order valence-electron chi connectivity index (χ3n) is 2.95. The van der Waals surface area contributed by atoms with E-state index in [1.54, 1.807) is 0 Å². The molecular formula is C9H5Br2F13. The molecule has 0 bridgehead atoms. The topological polar surface area (TPSA) is 0 Å². The van der Waals surface area contributed by atoms with Crippen molar-refractivity contribution in [1.29, 1.82) is 0 Å². The van der Waals surface area contributed by atoms with Crippen LogP contribution in [0, 0.1) is 5.41 Å². The van der Waals surface area contributed by atoms with Crippen molar-refractivity contribution in [2.45, 2.75) is 41.6 Å². The Morgan fingerprint density at radius 3 is 1.12 bits per heavy atom. The minimum Gasteiger partial charge on any atom is -0.198 e. The molecule has 1 atom stereocenters. The molecule has 0 aliphatic rings. The highest BCUT2D eigenvalue weighted by molar-refractivity contribution is 9.12. The van der Waals surface area contributed by atoms with E-state index < -0.39 is 52.4 Å². The fraction of sp³-hybridized carbons (Fsp3) is 1.00. The van der Waals surface area contributed by atoms with Gasteiger partial charge in [0.1, 0.15) is 0 Å². The van der Waals surface area contributed by atoms with Gasteiger partial charge in [-0.15, -0.1) is 0 Å². The Kier molecular flexibility index (Phi) is 6.66. The van der Waals surface area contributed by atoms with Crippen LogP contribution in [0.4, 0.5) is 57.1 Å². The summed E-state index contributed by atoms with van der Waals surface area (Å²) in [6.45, 7) is 0. The number of hydrogen-bond acceptors (Lipinski definition) is 0. The van der Waals surface area contributed by atoms with Crippen molar-refractivity contribution in [2.75, 3.05) is 5.33 Å². The molecule has 0 aliphatic heterocycles. The summed E-state index contributed by atoms with van der Waals surface area (Å²) in [7, 11) is 0. The largest absolute Gasteiger partial charge is 0.459 e. The highest BCUT2D eigenvalue weighted by Crippen LogP contribution is 2.67. The number of halogens is 15. The lowest BCUT2D eigenvalue weighted by Crippen LogP contribution is -2.70. The number of hydrogen-bond donors (Lipinski definition) is 0. The number of alkyl halides is 15. The zero-order valence-electron chi connectivity index (χ0n) is 10.7. The molecule has 0 aromatic carbocycles. The molecule has 0 aromatic rings. The van der Waals surface area contributed by atoms with Crippen molar-refractivity contribution in [2.24, 2.45) is 5.41 Å². The lowest BCUT2D eigenvalue weighted by molar-refractivity contribution is -0.461. The molecule has 0 amide bonds. The van der Waals surface area contributed by atoms with Crippen LogP contribution < -0.4 is 0 Å². The van der Waals surface area contributed by atoms with E-state index in [1.165, 1.54) is 0 Å². The fourth-order valence-corrected chi connectivity index (χ4v) is 2.42. The maximum absolute atomic E-state index is 13.6. The predicted octanol–water partition coefficient (Wildman–Crippen LogP) is 6.48. The van der Waals surface area contributed by atoms with Crippen LogP contribution in [-0.2, 0) is 0 Å². The second kappa shape index (κ2) is 6.65. The Morgan fingerprint density at radius 2 is 0.917 bits per heavy atom. The highest BCUT2D eigenvalue weighted by atomic mass is 79.9. The van der Waals surface area contributed by atoms with E-state index >= 15 is 0 Å². The van der Waals surface area contributed by atoms with Crippen molar-refractivity contribution in [3.63, 3.8) is 0 Å². The summed E-state index contributed by atoms with van der Waals surface area (Å²) in [4.78, 5) is -2.14. The second-order valence-electron chi connectivity index (χ2n) is 4.50. The van der Waals surface area contributed by atoms with Gasteiger partial charge in [0.15, 0.2) is 0 Å². The van der Waals surface area contributed by atoms with Crippen LogP contribution in [0.3, 0.4) is 0 Å². The minimum absolute atomic E-state index is 0.866. The van der Waals surface area contributed by atoms with Crippen molar-refractivity contribution in [1.82, 2.24) is 0 Å². The lowest BCUT2D eigenvalue weighted by atomic mass is 9.72. The smallest absolute Gasteiger partial charge is 0.198 e. The minimum atomic E-state index is -7.59. The molecule has 0 radical (unpaired) electrons. The van der Waals surface area contributed by atoms with E-state index in [1.807, 2.05) is 0 Å². The Balaban J connectivity index is 6.83. The van der Waals surface area contributed by atoms with Crippen LogP contribution in [0.1, 0.15) is 6.42 Å². The summed E-state index contributed by atoms with van der Waals surface area (Å²) >= 11 is 4.42. The molecule has 0 aliphatic carbocycles. The average Bonchev–Trinajstić information content (AvgIpc) is 2.30. The predicted molar refractivity (Wildman–Crippen MR) is 61.6 cm³/mol. The van der Waals surface area contributed by atoms with Gasteiger partial charge in [0.05, 0.1) is 0 Å². The van der Waals surface area contributed by atoms with Gasteiger partial charge >= 0.3 is 30.4 Å². The van der Waals surface area contributed by atoms with Gasteiger partial charge in [0.25, 0.3) is 0 Å². The van der Waals surface area contributed by atoms with Gasteiger partial charge < -0.3 is 0 Å². The van der Waals surface area contributed by atoms with E-state index in [-0.39, 0.29) is 0 Å². The molecule has 24 heavy (non-hydrogen) atoms. The van der Waals surface area contributed by atoms with Gasteiger partial charge in [-0.05, 0) is 6.42 Å². The number of rotatable bonds is 5. The SMILES string of the molecule is FC(F)(F)C(F)(F)C(F)(F)C(CC(Br)CBr)(C(F)(F)F)C(F)(F)F. The molecule has 0 saturated carbocycles. The standard InChI is InChI=1S/C9H5Br2F13/c10-2-3(11)1-4(7(16,17)18,8(19,20)21)5(12,13)6(14,15)9(22,23)24/h3H,1-2H2. The molecule has 0 rings (SSSR count). The maximum atomic E-state index is 13.6. The molecule has 0 aromatic heterocycles.